The van der Waals surface area contributed by atoms with E-state index in [0.29, 0.717) is 24.8 Å². The van der Waals surface area contributed by atoms with Gasteiger partial charge in [-0.15, -0.1) is 11.6 Å². The fourth-order valence-electron chi connectivity index (χ4n) is 2.32. The minimum Gasteiger partial charge on any atom is -0.396 e. The van der Waals surface area contributed by atoms with Crippen molar-refractivity contribution in [3.05, 3.63) is 0 Å². The van der Waals surface area contributed by atoms with Gasteiger partial charge in [0.15, 0.2) is 0 Å². The van der Waals surface area contributed by atoms with Gasteiger partial charge >= 0.3 is 0 Å². The van der Waals surface area contributed by atoms with Crippen LogP contribution >= 0.6 is 11.6 Å². The Kier molecular flexibility index (Phi) is 6.77. The van der Waals surface area contributed by atoms with Crippen molar-refractivity contribution in [1.29, 1.82) is 0 Å². The molecule has 4 nitrogen and oxygen atoms in total. The van der Waals surface area contributed by atoms with Gasteiger partial charge in [-0.05, 0) is 37.5 Å². The number of nitrogens with one attached hydrogen (secondary N) is 1. The van der Waals surface area contributed by atoms with E-state index in [2.05, 4.69) is 4.72 Å². The Labute approximate surface area is 109 Å². The second-order valence-corrected chi connectivity index (χ2v) is 7.00. The van der Waals surface area contributed by atoms with Crippen molar-refractivity contribution in [1.82, 2.24) is 4.72 Å². The highest BCUT2D eigenvalue weighted by Crippen LogP contribution is 2.30. The summed E-state index contributed by atoms with van der Waals surface area (Å²) in [6.07, 6.45) is 4.44. The highest BCUT2D eigenvalue weighted by Gasteiger charge is 2.27. The highest BCUT2D eigenvalue weighted by atomic mass is 35.5. The standard InChI is InChI=1S/C11H22ClNO3S/c12-6-1-2-7-17(15,16)13-8-10-4-3-5-11(10)9-14/h10-11,13-14H,1-9H2. The molecule has 0 bridgehead atoms. The monoisotopic (exact) mass is 283 g/mol. The maximum Gasteiger partial charge on any atom is 0.211 e. The zero-order valence-electron chi connectivity index (χ0n) is 10.1. The van der Waals surface area contributed by atoms with Crippen LogP contribution in [0.4, 0.5) is 0 Å². The number of halogens is 1. The Morgan fingerprint density at radius 3 is 2.59 bits per heavy atom. The third-order valence-corrected chi connectivity index (χ3v) is 5.11. The molecule has 0 aliphatic heterocycles. The van der Waals surface area contributed by atoms with Gasteiger partial charge in [0, 0.05) is 19.0 Å². The van der Waals surface area contributed by atoms with Crippen molar-refractivity contribution in [2.24, 2.45) is 11.8 Å². The molecule has 0 heterocycles. The van der Waals surface area contributed by atoms with E-state index >= 15 is 0 Å². The normalized spacial score (nSPS) is 25.3. The first-order valence-electron chi connectivity index (χ1n) is 6.23. The van der Waals surface area contributed by atoms with Gasteiger partial charge in [0.2, 0.25) is 10.0 Å². The molecule has 1 rings (SSSR count). The molecule has 0 spiro atoms. The van der Waals surface area contributed by atoms with Crippen LogP contribution in [0.15, 0.2) is 0 Å². The Bertz CT molecular complexity index is 308. The van der Waals surface area contributed by atoms with Crippen LogP contribution in [0.5, 0.6) is 0 Å². The maximum atomic E-state index is 11.6. The molecule has 0 radical (unpaired) electrons. The average molecular weight is 284 g/mol. The van der Waals surface area contributed by atoms with Crippen LogP contribution < -0.4 is 4.72 Å². The van der Waals surface area contributed by atoms with Gasteiger partial charge in [-0.3, -0.25) is 0 Å². The first-order chi connectivity index (χ1) is 8.09. The molecule has 1 saturated carbocycles. The summed E-state index contributed by atoms with van der Waals surface area (Å²) in [7, 11) is -3.16. The van der Waals surface area contributed by atoms with E-state index in [0.717, 1.165) is 25.7 Å². The van der Waals surface area contributed by atoms with Crippen molar-refractivity contribution < 1.29 is 13.5 Å². The smallest absolute Gasteiger partial charge is 0.211 e. The lowest BCUT2D eigenvalue weighted by atomic mass is 9.97. The summed E-state index contributed by atoms with van der Waals surface area (Å²) in [6, 6.07) is 0. The van der Waals surface area contributed by atoms with E-state index in [-0.39, 0.29) is 18.3 Å². The van der Waals surface area contributed by atoms with Gasteiger partial charge in [-0.1, -0.05) is 6.42 Å². The van der Waals surface area contributed by atoms with Crippen LogP contribution in [0.1, 0.15) is 32.1 Å². The van der Waals surface area contributed by atoms with Crippen LogP contribution in [-0.4, -0.2) is 38.3 Å². The van der Waals surface area contributed by atoms with Gasteiger partial charge in [-0.25, -0.2) is 13.1 Å². The van der Waals surface area contributed by atoms with Crippen LogP contribution in [-0.2, 0) is 10.0 Å². The number of sulfonamides is 1. The molecule has 0 saturated heterocycles. The molecular formula is C11H22ClNO3S. The first-order valence-corrected chi connectivity index (χ1v) is 8.42. The van der Waals surface area contributed by atoms with Crippen molar-refractivity contribution >= 4 is 21.6 Å². The average Bonchev–Trinajstić information content (AvgIpc) is 2.74. The minimum atomic E-state index is -3.16. The van der Waals surface area contributed by atoms with E-state index in [9.17, 15) is 8.42 Å². The molecule has 1 fully saturated rings. The molecule has 2 N–H and O–H groups in total. The summed E-state index contributed by atoms with van der Waals surface area (Å²) in [6.45, 7) is 0.632. The van der Waals surface area contributed by atoms with Gasteiger partial charge in [-0.2, -0.15) is 0 Å². The zero-order valence-corrected chi connectivity index (χ0v) is 11.6. The van der Waals surface area contributed by atoms with E-state index in [1.165, 1.54) is 0 Å². The molecule has 0 amide bonds. The summed E-state index contributed by atoms with van der Waals surface area (Å²) in [5, 5.41) is 9.15. The third-order valence-electron chi connectivity index (χ3n) is 3.41. The van der Waals surface area contributed by atoms with Crippen LogP contribution in [0.3, 0.4) is 0 Å². The number of unbranched alkanes of at least 4 members (excludes halogenated alkanes) is 1. The van der Waals surface area contributed by atoms with Crippen molar-refractivity contribution in [3.8, 4) is 0 Å². The summed E-state index contributed by atoms with van der Waals surface area (Å²) in [5.41, 5.74) is 0. The molecule has 1 aliphatic rings. The summed E-state index contributed by atoms with van der Waals surface area (Å²) < 4.78 is 25.9. The Morgan fingerprint density at radius 1 is 1.24 bits per heavy atom. The molecule has 0 aromatic carbocycles. The number of alkyl halides is 1. The second kappa shape index (κ2) is 7.56. The summed E-state index contributed by atoms with van der Waals surface area (Å²) >= 11 is 5.51. The van der Waals surface area contributed by atoms with E-state index in [4.69, 9.17) is 16.7 Å². The van der Waals surface area contributed by atoms with Gasteiger partial charge in [0.1, 0.15) is 0 Å². The van der Waals surface area contributed by atoms with Crippen LogP contribution in [0, 0.1) is 11.8 Å². The number of rotatable bonds is 8. The van der Waals surface area contributed by atoms with Crippen molar-refractivity contribution in [2.75, 3.05) is 24.8 Å². The molecular weight excluding hydrogens is 262 g/mol. The highest BCUT2D eigenvalue weighted by molar-refractivity contribution is 7.89. The maximum absolute atomic E-state index is 11.6. The SMILES string of the molecule is O=S(=O)(CCCCCl)NCC1CCCC1CO. The predicted molar refractivity (Wildman–Crippen MR) is 69.7 cm³/mol. The van der Waals surface area contributed by atoms with Gasteiger partial charge in [0.25, 0.3) is 0 Å². The molecule has 102 valence electrons. The molecule has 1 aliphatic carbocycles. The lowest BCUT2D eigenvalue weighted by molar-refractivity contribution is 0.195. The predicted octanol–water partition coefficient (Wildman–Crippen LogP) is 1.33. The molecule has 0 aromatic heterocycles. The van der Waals surface area contributed by atoms with E-state index in [1.54, 1.807) is 0 Å². The Hall–Kier alpha value is 0.160. The van der Waals surface area contributed by atoms with Crippen molar-refractivity contribution in [3.63, 3.8) is 0 Å². The molecule has 6 heteroatoms. The lowest BCUT2D eigenvalue weighted by Gasteiger charge is -2.17. The van der Waals surface area contributed by atoms with Crippen LogP contribution in [0.2, 0.25) is 0 Å². The zero-order chi connectivity index (χ0) is 12.7. The van der Waals surface area contributed by atoms with Gasteiger partial charge in [0.05, 0.1) is 5.75 Å². The Balaban J connectivity index is 2.28. The van der Waals surface area contributed by atoms with Gasteiger partial charge < -0.3 is 5.11 Å². The first kappa shape index (κ1) is 15.2. The number of aliphatic hydroxyl groups is 1. The number of hydrogen-bond donors (Lipinski definition) is 2. The molecule has 2 atom stereocenters. The second-order valence-electron chi connectivity index (χ2n) is 4.70. The van der Waals surface area contributed by atoms with E-state index in [1.807, 2.05) is 0 Å². The summed E-state index contributed by atoms with van der Waals surface area (Å²) in [4.78, 5) is 0. The summed E-state index contributed by atoms with van der Waals surface area (Å²) in [5.74, 6) is 1.21. The quantitative estimate of drug-likeness (QED) is 0.522. The van der Waals surface area contributed by atoms with E-state index < -0.39 is 10.0 Å². The number of hydrogen-bond acceptors (Lipinski definition) is 3. The largest absolute Gasteiger partial charge is 0.396 e. The molecule has 17 heavy (non-hydrogen) atoms. The lowest BCUT2D eigenvalue weighted by Crippen LogP contribution is -2.33. The fraction of sp³-hybridized carbons (Fsp3) is 1.00. The fourth-order valence-corrected chi connectivity index (χ4v) is 3.70. The third kappa shape index (κ3) is 5.55. The minimum absolute atomic E-state index is 0.149. The van der Waals surface area contributed by atoms with Crippen LogP contribution in [0.25, 0.3) is 0 Å². The topological polar surface area (TPSA) is 66.4 Å². The number of aliphatic hydroxyl groups excluding tert-OH is 1. The molecule has 2 unspecified atom stereocenters. The molecule has 0 aromatic rings. The Morgan fingerprint density at radius 2 is 1.94 bits per heavy atom. The van der Waals surface area contributed by atoms with Crippen molar-refractivity contribution in [2.45, 2.75) is 32.1 Å².